The molecule has 1 aliphatic rings. The molecule has 0 radical (unpaired) electrons. The minimum atomic E-state index is -3.17. The molecule has 1 saturated carbocycles. The van der Waals surface area contributed by atoms with E-state index >= 15 is 0 Å². The first-order chi connectivity index (χ1) is 7.99. The second kappa shape index (κ2) is 4.78. The van der Waals surface area contributed by atoms with E-state index in [1.807, 2.05) is 12.1 Å². The summed E-state index contributed by atoms with van der Waals surface area (Å²) in [5.41, 5.74) is 1.17. The third-order valence-electron chi connectivity index (χ3n) is 3.05. The molecule has 0 atom stereocenters. The van der Waals surface area contributed by atoms with Crippen LogP contribution in [0.4, 0.5) is 0 Å². The van der Waals surface area contributed by atoms with Crippen molar-refractivity contribution in [1.29, 1.82) is 0 Å². The first-order valence-corrected chi connectivity index (χ1v) is 7.70. The largest absolute Gasteiger partial charge is 0.301 e. The van der Waals surface area contributed by atoms with Crippen molar-refractivity contribution in [2.24, 2.45) is 0 Å². The highest BCUT2D eigenvalue weighted by Crippen LogP contribution is 2.21. The van der Waals surface area contributed by atoms with Gasteiger partial charge in [0.15, 0.2) is 9.84 Å². The summed E-state index contributed by atoms with van der Waals surface area (Å²) in [6, 6.07) is 7.63. The van der Waals surface area contributed by atoms with Gasteiger partial charge in [0.2, 0.25) is 0 Å². The van der Waals surface area contributed by atoms with Gasteiger partial charge < -0.3 is 5.32 Å². The predicted molar refractivity (Wildman–Crippen MR) is 68.7 cm³/mol. The molecule has 0 aliphatic heterocycles. The van der Waals surface area contributed by atoms with E-state index < -0.39 is 9.84 Å². The van der Waals surface area contributed by atoms with E-state index in [4.69, 9.17) is 0 Å². The van der Waals surface area contributed by atoms with E-state index in [0.717, 1.165) is 12.8 Å². The molecule has 0 bridgehead atoms. The van der Waals surface area contributed by atoms with Crippen LogP contribution in [0.2, 0.25) is 0 Å². The highest BCUT2D eigenvalue weighted by atomic mass is 32.2. The Kier molecular flexibility index (Phi) is 3.54. The van der Waals surface area contributed by atoms with Gasteiger partial charge >= 0.3 is 0 Å². The first kappa shape index (κ1) is 12.6. The fourth-order valence-electron chi connectivity index (χ4n) is 1.66. The lowest BCUT2D eigenvalue weighted by molar-refractivity contribution is 0.586. The molecule has 4 heteroatoms. The van der Waals surface area contributed by atoms with Crippen LogP contribution < -0.4 is 5.32 Å². The molecule has 1 aliphatic carbocycles. The van der Waals surface area contributed by atoms with Gasteiger partial charge in [-0.1, -0.05) is 26.0 Å². The van der Waals surface area contributed by atoms with Gasteiger partial charge in [0, 0.05) is 6.04 Å². The molecule has 94 valence electrons. The molecule has 0 spiro atoms. The highest BCUT2D eigenvalue weighted by Gasteiger charge is 2.23. The van der Waals surface area contributed by atoms with E-state index in [9.17, 15) is 8.42 Å². The maximum atomic E-state index is 12.0. The molecule has 3 nitrogen and oxygen atoms in total. The number of benzene rings is 1. The zero-order chi connectivity index (χ0) is 12.5. The molecular formula is C13H19NO2S. The summed E-state index contributed by atoms with van der Waals surface area (Å²) in [7, 11) is -3.17. The molecular weight excluding hydrogens is 234 g/mol. The third kappa shape index (κ3) is 3.30. The number of hydrogen-bond acceptors (Lipinski definition) is 3. The van der Waals surface area contributed by atoms with Crippen LogP contribution in [0.1, 0.15) is 38.2 Å². The van der Waals surface area contributed by atoms with Crippen LogP contribution in [0.15, 0.2) is 29.2 Å². The van der Waals surface area contributed by atoms with Gasteiger partial charge in [-0.25, -0.2) is 8.42 Å². The minimum Gasteiger partial charge on any atom is -0.301 e. The van der Waals surface area contributed by atoms with Gasteiger partial charge in [0.05, 0.1) is 4.90 Å². The van der Waals surface area contributed by atoms with Crippen LogP contribution in [0, 0.1) is 0 Å². The van der Waals surface area contributed by atoms with Gasteiger partial charge in [0.25, 0.3) is 0 Å². The summed E-state index contributed by atoms with van der Waals surface area (Å²) in [5.74, 6) is 0.481. The van der Waals surface area contributed by atoms with E-state index in [2.05, 4.69) is 19.2 Å². The van der Waals surface area contributed by atoms with Gasteiger partial charge in [-0.3, -0.25) is 0 Å². The van der Waals surface area contributed by atoms with Crippen LogP contribution in [-0.2, 0) is 9.84 Å². The van der Waals surface area contributed by atoms with Gasteiger partial charge in [-0.2, -0.15) is 0 Å². The Labute approximate surface area is 103 Å². The van der Waals surface area contributed by atoms with E-state index in [-0.39, 0.29) is 5.88 Å². The molecule has 0 heterocycles. The summed E-state index contributed by atoms with van der Waals surface area (Å²) >= 11 is 0. The van der Waals surface area contributed by atoms with Gasteiger partial charge in [-0.15, -0.1) is 0 Å². The van der Waals surface area contributed by atoms with Crippen molar-refractivity contribution in [2.75, 3.05) is 5.88 Å². The second-order valence-corrected chi connectivity index (χ2v) is 6.95. The monoisotopic (exact) mass is 253 g/mol. The van der Waals surface area contributed by atoms with E-state index in [0.29, 0.717) is 16.9 Å². The summed E-state index contributed by atoms with van der Waals surface area (Å²) in [5, 5.41) is 3.04. The average molecular weight is 253 g/mol. The second-order valence-electron chi connectivity index (χ2n) is 4.96. The Balaban J connectivity index is 2.09. The smallest absolute Gasteiger partial charge is 0.191 e. The molecule has 1 N–H and O–H groups in total. The minimum absolute atomic E-state index is 0.0543. The lowest BCUT2D eigenvalue weighted by atomic mass is 10.0. The van der Waals surface area contributed by atoms with Crippen molar-refractivity contribution in [3.05, 3.63) is 29.8 Å². The van der Waals surface area contributed by atoms with Crippen molar-refractivity contribution in [2.45, 2.75) is 43.5 Å². The topological polar surface area (TPSA) is 46.2 Å². The normalized spacial score (nSPS) is 16.4. The Bertz CT molecular complexity index is 473. The molecule has 1 aromatic carbocycles. The molecule has 0 amide bonds. The Morgan fingerprint density at radius 1 is 1.24 bits per heavy atom. The zero-order valence-corrected chi connectivity index (χ0v) is 11.1. The summed E-state index contributed by atoms with van der Waals surface area (Å²) in [4.78, 5) is 0.412. The third-order valence-corrected chi connectivity index (χ3v) is 4.58. The van der Waals surface area contributed by atoms with Crippen molar-refractivity contribution in [3.63, 3.8) is 0 Å². The zero-order valence-electron chi connectivity index (χ0n) is 10.3. The van der Waals surface area contributed by atoms with E-state index in [1.165, 1.54) is 5.56 Å². The first-order valence-electron chi connectivity index (χ1n) is 6.05. The lowest BCUT2D eigenvalue weighted by Crippen LogP contribution is -2.25. The summed E-state index contributed by atoms with van der Waals surface area (Å²) < 4.78 is 24.0. The van der Waals surface area contributed by atoms with Crippen molar-refractivity contribution in [1.82, 2.24) is 5.32 Å². The highest BCUT2D eigenvalue weighted by molar-refractivity contribution is 7.91. The quantitative estimate of drug-likeness (QED) is 0.875. The fourth-order valence-corrected chi connectivity index (χ4v) is 2.83. The maximum Gasteiger partial charge on any atom is 0.191 e. The van der Waals surface area contributed by atoms with Crippen LogP contribution >= 0.6 is 0 Å². The molecule has 1 aromatic rings. The van der Waals surface area contributed by atoms with Crippen molar-refractivity contribution in [3.8, 4) is 0 Å². The molecule has 1 fully saturated rings. The van der Waals surface area contributed by atoms with Crippen LogP contribution in [0.5, 0.6) is 0 Å². The molecule has 0 aromatic heterocycles. The van der Waals surface area contributed by atoms with E-state index in [1.54, 1.807) is 12.1 Å². The number of rotatable bonds is 5. The summed E-state index contributed by atoms with van der Waals surface area (Å²) in [6.45, 7) is 4.19. The van der Waals surface area contributed by atoms with Crippen LogP contribution in [0.25, 0.3) is 0 Å². The number of sulfone groups is 1. The Morgan fingerprint density at radius 3 is 2.29 bits per heavy atom. The molecule has 0 saturated heterocycles. The van der Waals surface area contributed by atoms with Crippen LogP contribution in [-0.4, -0.2) is 20.3 Å². The standard InChI is InChI=1S/C13H19NO2S/c1-10(2)11-3-7-13(8-4-11)17(15,16)9-14-12-5-6-12/h3-4,7-8,10,12,14H,5-6,9H2,1-2H3. The SMILES string of the molecule is CC(C)c1ccc(S(=O)(=O)CNC2CC2)cc1. The number of hydrogen-bond donors (Lipinski definition) is 1. The fraction of sp³-hybridized carbons (Fsp3) is 0.538. The average Bonchev–Trinajstić information content (AvgIpc) is 3.10. The summed E-state index contributed by atoms with van der Waals surface area (Å²) in [6.07, 6.45) is 2.20. The van der Waals surface area contributed by atoms with Crippen LogP contribution in [0.3, 0.4) is 0 Å². The molecule has 2 rings (SSSR count). The lowest BCUT2D eigenvalue weighted by Gasteiger charge is -2.08. The molecule has 17 heavy (non-hydrogen) atoms. The maximum absolute atomic E-state index is 12.0. The predicted octanol–water partition coefficient (Wildman–Crippen LogP) is 2.29. The van der Waals surface area contributed by atoms with Gasteiger partial charge in [-0.05, 0) is 36.5 Å². The Hall–Kier alpha value is -0.870. The van der Waals surface area contributed by atoms with Gasteiger partial charge in [0.1, 0.15) is 5.88 Å². The number of nitrogens with one attached hydrogen (secondary N) is 1. The van der Waals surface area contributed by atoms with Crippen molar-refractivity contribution >= 4 is 9.84 Å². The molecule has 0 unspecified atom stereocenters. The van der Waals surface area contributed by atoms with Crippen molar-refractivity contribution < 1.29 is 8.42 Å². The Morgan fingerprint density at radius 2 is 1.82 bits per heavy atom.